The second kappa shape index (κ2) is 5.79. The second-order valence-corrected chi connectivity index (χ2v) is 6.03. The highest BCUT2D eigenvalue weighted by Crippen LogP contribution is 2.21. The molecule has 2 aromatic carbocycles. The van der Waals surface area contributed by atoms with Crippen LogP contribution in [0.2, 0.25) is 0 Å². The number of nitrogens with one attached hydrogen (secondary N) is 1. The van der Waals surface area contributed by atoms with E-state index in [2.05, 4.69) is 79.3 Å². The van der Waals surface area contributed by atoms with Crippen molar-refractivity contribution in [1.82, 2.24) is 0 Å². The van der Waals surface area contributed by atoms with Gasteiger partial charge in [0.1, 0.15) is 0 Å². The number of benzene rings is 2. The number of aryl methyl sites for hydroxylation is 4. The lowest BCUT2D eigenvalue weighted by Gasteiger charge is -2.12. The van der Waals surface area contributed by atoms with E-state index in [0.717, 1.165) is 11.0 Å². The van der Waals surface area contributed by atoms with Gasteiger partial charge >= 0.3 is 0 Å². The van der Waals surface area contributed by atoms with E-state index in [1.807, 2.05) is 0 Å². The zero-order valence-electron chi connectivity index (χ0n) is 12.0. The van der Waals surface area contributed by atoms with Gasteiger partial charge in [0.25, 0.3) is 0 Å². The third-order valence-electron chi connectivity index (χ3n) is 3.59. The molecular weight excluding hydrogens is 298 g/mol. The topological polar surface area (TPSA) is 12.0 Å². The first kappa shape index (κ1) is 14.1. The molecule has 0 aliphatic carbocycles. The van der Waals surface area contributed by atoms with Crippen LogP contribution in [0.5, 0.6) is 0 Å². The normalized spacial score (nSPS) is 10.6. The lowest BCUT2D eigenvalue weighted by atomic mass is 10.0. The van der Waals surface area contributed by atoms with Gasteiger partial charge in [-0.05, 0) is 73.7 Å². The molecule has 0 heterocycles. The summed E-state index contributed by atoms with van der Waals surface area (Å²) in [6.45, 7) is 9.49. The van der Waals surface area contributed by atoms with Crippen LogP contribution in [0.1, 0.15) is 27.8 Å². The molecule has 0 aliphatic heterocycles. The molecule has 2 aromatic rings. The number of hydrogen-bond acceptors (Lipinski definition) is 1. The summed E-state index contributed by atoms with van der Waals surface area (Å²) < 4.78 is 1.15. The average molecular weight is 318 g/mol. The molecule has 0 aromatic heterocycles. The van der Waals surface area contributed by atoms with Gasteiger partial charge in [0.2, 0.25) is 0 Å². The molecule has 0 radical (unpaired) electrons. The van der Waals surface area contributed by atoms with Crippen LogP contribution in [0.15, 0.2) is 34.8 Å². The first-order valence-electron chi connectivity index (χ1n) is 6.54. The summed E-state index contributed by atoms with van der Waals surface area (Å²) in [6, 6.07) is 10.9. The van der Waals surface area contributed by atoms with Crippen LogP contribution < -0.4 is 5.32 Å². The summed E-state index contributed by atoms with van der Waals surface area (Å²) in [5.74, 6) is 0. The third kappa shape index (κ3) is 3.38. The minimum absolute atomic E-state index is 0.869. The van der Waals surface area contributed by atoms with Gasteiger partial charge in [0.05, 0.1) is 0 Å². The molecule has 1 nitrogen and oxygen atoms in total. The highest BCUT2D eigenvalue weighted by molar-refractivity contribution is 9.10. The molecule has 0 atom stereocenters. The van der Waals surface area contributed by atoms with Crippen molar-refractivity contribution >= 4 is 21.6 Å². The van der Waals surface area contributed by atoms with Crippen LogP contribution in [0.25, 0.3) is 0 Å². The Labute approximate surface area is 124 Å². The molecule has 19 heavy (non-hydrogen) atoms. The van der Waals surface area contributed by atoms with Gasteiger partial charge in [-0.1, -0.05) is 28.1 Å². The highest BCUT2D eigenvalue weighted by atomic mass is 79.9. The number of halogens is 1. The van der Waals surface area contributed by atoms with Crippen LogP contribution in [0.3, 0.4) is 0 Å². The van der Waals surface area contributed by atoms with Crippen molar-refractivity contribution in [3.8, 4) is 0 Å². The van der Waals surface area contributed by atoms with Gasteiger partial charge in [-0.2, -0.15) is 0 Å². The molecule has 0 aliphatic rings. The van der Waals surface area contributed by atoms with Crippen LogP contribution in [0, 0.1) is 27.7 Å². The lowest BCUT2D eigenvalue weighted by Crippen LogP contribution is -2.02. The molecule has 0 saturated carbocycles. The van der Waals surface area contributed by atoms with Crippen LogP contribution in [-0.2, 0) is 6.54 Å². The Hall–Kier alpha value is -1.28. The van der Waals surface area contributed by atoms with E-state index in [4.69, 9.17) is 0 Å². The van der Waals surface area contributed by atoms with Gasteiger partial charge < -0.3 is 5.32 Å². The molecule has 0 amide bonds. The van der Waals surface area contributed by atoms with E-state index in [1.54, 1.807) is 0 Å². The van der Waals surface area contributed by atoms with Crippen LogP contribution in [0.4, 0.5) is 5.69 Å². The molecule has 2 heteroatoms. The monoisotopic (exact) mass is 317 g/mol. The van der Waals surface area contributed by atoms with E-state index in [9.17, 15) is 0 Å². The summed E-state index contributed by atoms with van der Waals surface area (Å²) in [6.07, 6.45) is 0. The van der Waals surface area contributed by atoms with E-state index < -0.39 is 0 Å². The molecule has 0 fully saturated rings. The fourth-order valence-electron chi connectivity index (χ4n) is 2.16. The van der Waals surface area contributed by atoms with Crippen LogP contribution >= 0.6 is 15.9 Å². The smallest absolute Gasteiger partial charge is 0.0403 e. The lowest BCUT2D eigenvalue weighted by molar-refractivity contribution is 1.10. The zero-order valence-corrected chi connectivity index (χ0v) is 13.6. The fourth-order valence-corrected chi connectivity index (χ4v) is 2.41. The number of hydrogen-bond donors (Lipinski definition) is 1. The maximum absolute atomic E-state index is 3.53. The molecule has 0 saturated heterocycles. The van der Waals surface area contributed by atoms with Crippen molar-refractivity contribution in [1.29, 1.82) is 0 Å². The molecule has 100 valence electrons. The summed E-state index contributed by atoms with van der Waals surface area (Å²) in [5, 5.41) is 3.50. The first-order valence-corrected chi connectivity index (χ1v) is 7.33. The van der Waals surface area contributed by atoms with Crippen molar-refractivity contribution < 1.29 is 0 Å². The molecule has 0 spiro atoms. The number of anilines is 1. The summed E-state index contributed by atoms with van der Waals surface area (Å²) in [5.41, 5.74) is 7.85. The minimum atomic E-state index is 0.869. The Morgan fingerprint density at radius 2 is 1.53 bits per heavy atom. The molecule has 0 bridgehead atoms. The summed E-state index contributed by atoms with van der Waals surface area (Å²) >= 11 is 3.53. The van der Waals surface area contributed by atoms with E-state index in [0.29, 0.717) is 0 Å². The first-order chi connectivity index (χ1) is 8.97. The third-order valence-corrected chi connectivity index (χ3v) is 4.48. The van der Waals surface area contributed by atoms with Crippen molar-refractivity contribution in [2.45, 2.75) is 34.2 Å². The Morgan fingerprint density at radius 3 is 2.21 bits per heavy atom. The van der Waals surface area contributed by atoms with Gasteiger partial charge in [0, 0.05) is 16.7 Å². The van der Waals surface area contributed by atoms with Crippen molar-refractivity contribution in [2.24, 2.45) is 0 Å². The summed E-state index contributed by atoms with van der Waals surface area (Å²) in [4.78, 5) is 0. The Kier molecular flexibility index (Phi) is 4.31. The highest BCUT2D eigenvalue weighted by Gasteiger charge is 2.03. The minimum Gasteiger partial charge on any atom is -0.381 e. The van der Waals surface area contributed by atoms with Crippen molar-refractivity contribution in [2.75, 3.05) is 5.32 Å². The predicted molar refractivity (Wildman–Crippen MR) is 86.9 cm³/mol. The van der Waals surface area contributed by atoms with E-state index in [1.165, 1.54) is 33.5 Å². The van der Waals surface area contributed by atoms with E-state index in [-0.39, 0.29) is 0 Å². The zero-order chi connectivity index (χ0) is 14.0. The predicted octanol–water partition coefficient (Wildman–Crippen LogP) is 5.29. The molecule has 2 rings (SSSR count). The number of rotatable bonds is 3. The maximum Gasteiger partial charge on any atom is 0.0403 e. The van der Waals surface area contributed by atoms with Gasteiger partial charge in [-0.15, -0.1) is 0 Å². The van der Waals surface area contributed by atoms with Crippen LogP contribution in [-0.4, -0.2) is 0 Å². The van der Waals surface area contributed by atoms with Gasteiger partial charge in [0.15, 0.2) is 0 Å². The van der Waals surface area contributed by atoms with Gasteiger partial charge in [-0.25, -0.2) is 0 Å². The largest absolute Gasteiger partial charge is 0.381 e. The van der Waals surface area contributed by atoms with Crippen molar-refractivity contribution in [3.05, 3.63) is 62.6 Å². The van der Waals surface area contributed by atoms with E-state index >= 15 is 0 Å². The fraction of sp³-hybridized carbons (Fsp3) is 0.294. The summed E-state index contributed by atoms with van der Waals surface area (Å²) in [7, 11) is 0. The quantitative estimate of drug-likeness (QED) is 0.810. The SMILES string of the molecule is Cc1cc(C)c(CNc2ccc(Br)c(C)c2)cc1C. The average Bonchev–Trinajstić information content (AvgIpc) is 2.36. The molecular formula is C17H20BrN. The standard InChI is InChI=1S/C17H20BrN/c1-11-7-13(3)15(8-12(11)2)10-19-16-5-6-17(18)14(4)9-16/h5-9,19H,10H2,1-4H3. The maximum atomic E-state index is 3.53. The second-order valence-electron chi connectivity index (χ2n) is 5.18. The molecule has 1 N–H and O–H groups in total. The Balaban J connectivity index is 2.14. The Morgan fingerprint density at radius 1 is 0.842 bits per heavy atom. The van der Waals surface area contributed by atoms with Gasteiger partial charge in [-0.3, -0.25) is 0 Å². The molecule has 0 unspecified atom stereocenters. The van der Waals surface area contributed by atoms with Crippen molar-refractivity contribution in [3.63, 3.8) is 0 Å². The Bertz CT molecular complexity index is 602.